The van der Waals surface area contributed by atoms with Crippen LogP contribution in [0.1, 0.15) is 24.1 Å². The summed E-state index contributed by atoms with van der Waals surface area (Å²) in [6, 6.07) is 15.2. The molecule has 0 saturated carbocycles. The number of rotatable bonds is 5. The second-order valence-corrected chi connectivity index (χ2v) is 8.20. The van der Waals surface area contributed by atoms with Crippen molar-refractivity contribution in [3.8, 4) is 5.75 Å². The highest BCUT2D eigenvalue weighted by atomic mass is 16.5. The van der Waals surface area contributed by atoms with Crippen LogP contribution in [0, 0.1) is 12.8 Å². The maximum absolute atomic E-state index is 13.0. The summed E-state index contributed by atoms with van der Waals surface area (Å²) < 4.78 is 10.4. The molecule has 8 nitrogen and oxygen atoms in total. The van der Waals surface area contributed by atoms with Crippen LogP contribution in [0.5, 0.6) is 5.75 Å². The van der Waals surface area contributed by atoms with E-state index in [1.54, 1.807) is 14.0 Å². The Labute approximate surface area is 194 Å². The van der Waals surface area contributed by atoms with E-state index < -0.39 is 17.9 Å². The Hall–Kier alpha value is -3.55. The number of ether oxygens (including phenoxy) is 2. The first-order valence-corrected chi connectivity index (χ1v) is 11.3. The smallest absolute Gasteiger partial charge is 0.321 e. The Kier molecular flexibility index (Phi) is 6.82. The fraction of sp³-hybridized carbons (Fsp3) is 0.400. The highest BCUT2D eigenvalue weighted by molar-refractivity contribution is 6.08. The van der Waals surface area contributed by atoms with Crippen LogP contribution in [-0.2, 0) is 14.3 Å². The van der Waals surface area contributed by atoms with Gasteiger partial charge < -0.3 is 19.3 Å². The average molecular weight is 451 g/mol. The van der Waals surface area contributed by atoms with E-state index in [1.807, 2.05) is 55.5 Å². The number of hydrogen-bond donors (Lipinski definition) is 1. The first kappa shape index (κ1) is 22.6. The molecule has 2 aliphatic heterocycles. The molecule has 2 atom stereocenters. The van der Waals surface area contributed by atoms with Gasteiger partial charge in [0.15, 0.2) is 5.92 Å². The summed E-state index contributed by atoms with van der Waals surface area (Å²) in [5.74, 6) is -0.580. The maximum atomic E-state index is 13.0. The van der Waals surface area contributed by atoms with Gasteiger partial charge in [-0.2, -0.15) is 0 Å². The normalized spacial score (nSPS) is 20.7. The SMILES string of the molecule is CCOC(=O)[C@@H]1C(=O)NC(N2CCN(c3ccc(OC)cc3)CC2)=N[C@H]1c1cccc(C)c1. The predicted molar refractivity (Wildman–Crippen MR) is 126 cm³/mol. The summed E-state index contributed by atoms with van der Waals surface area (Å²) in [5.41, 5.74) is 3.01. The Morgan fingerprint density at radius 1 is 1.09 bits per heavy atom. The Balaban J connectivity index is 1.54. The van der Waals surface area contributed by atoms with Gasteiger partial charge in [-0.05, 0) is 43.7 Å². The molecule has 33 heavy (non-hydrogen) atoms. The van der Waals surface area contributed by atoms with Crippen molar-refractivity contribution in [3.05, 3.63) is 59.7 Å². The first-order valence-electron chi connectivity index (χ1n) is 11.3. The van der Waals surface area contributed by atoms with Crippen molar-refractivity contribution in [3.63, 3.8) is 0 Å². The molecular weight excluding hydrogens is 420 g/mol. The number of guanidine groups is 1. The molecule has 1 amide bonds. The molecule has 0 aromatic heterocycles. The summed E-state index contributed by atoms with van der Waals surface area (Å²) >= 11 is 0. The quantitative estimate of drug-likeness (QED) is 0.557. The standard InChI is InChI=1S/C25H30N4O4/c1-4-33-24(31)21-22(18-7-5-6-17(2)16-18)26-25(27-23(21)30)29-14-12-28(13-15-29)19-8-10-20(32-3)11-9-19/h5-11,16,21-22H,4,12-15H2,1-3H3,(H,26,27,30)/t21-,22-/m0/s1. The number of piperazine rings is 1. The Morgan fingerprint density at radius 3 is 2.42 bits per heavy atom. The monoisotopic (exact) mass is 450 g/mol. The molecule has 0 spiro atoms. The van der Waals surface area contributed by atoms with Gasteiger partial charge in [0, 0.05) is 31.9 Å². The van der Waals surface area contributed by atoms with Gasteiger partial charge in [-0.3, -0.25) is 14.9 Å². The second-order valence-electron chi connectivity index (χ2n) is 8.20. The molecule has 4 rings (SSSR count). The highest BCUT2D eigenvalue weighted by Gasteiger charge is 2.42. The molecule has 2 aromatic rings. The van der Waals surface area contributed by atoms with Crippen molar-refractivity contribution >= 4 is 23.5 Å². The van der Waals surface area contributed by atoms with Gasteiger partial charge in [0.05, 0.1) is 13.7 Å². The minimum absolute atomic E-state index is 0.215. The average Bonchev–Trinajstić information content (AvgIpc) is 2.84. The molecular formula is C25H30N4O4. The largest absolute Gasteiger partial charge is 0.497 e. The van der Waals surface area contributed by atoms with Gasteiger partial charge in [-0.1, -0.05) is 29.8 Å². The van der Waals surface area contributed by atoms with Crippen LogP contribution in [0.25, 0.3) is 0 Å². The van der Waals surface area contributed by atoms with E-state index in [0.29, 0.717) is 19.0 Å². The number of anilines is 1. The molecule has 2 heterocycles. The van der Waals surface area contributed by atoms with Crippen molar-refractivity contribution in [2.24, 2.45) is 10.9 Å². The second kappa shape index (κ2) is 9.94. The van der Waals surface area contributed by atoms with E-state index in [2.05, 4.69) is 15.1 Å². The van der Waals surface area contributed by atoms with E-state index >= 15 is 0 Å². The summed E-state index contributed by atoms with van der Waals surface area (Å²) in [4.78, 5) is 34.9. The number of amides is 1. The van der Waals surface area contributed by atoms with Gasteiger partial charge >= 0.3 is 5.97 Å². The number of nitrogens with zero attached hydrogens (tertiary/aromatic N) is 3. The van der Waals surface area contributed by atoms with Crippen LogP contribution in [-0.4, -0.2) is 62.6 Å². The predicted octanol–water partition coefficient (Wildman–Crippen LogP) is 2.53. The van der Waals surface area contributed by atoms with Gasteiger partial charge in [-0.15, -0.1) is 0 Å². The van der Waals surface area contributed by atoms with Crippen LogP contribution in [0.2, 0.25) is 0 Å². The topological polar surface area (TPSA) is 83.5 Å². The Bertz CT molecular complexity index is 1030. The maximum Gasteiger partial charge on any atom is 0.321 e. The number of carbonyl (C=O) groups is 2. The van der Waals surface area contributed by atoms with Crippen molar-refractivity contribution < 1.29 is 19.1 Å². The van der Waals surface area contributed by atoms with Crippen LogP contribution < -0.4 is 15.0 Å². The fourth-order valence-corrected chi connectivity index (χ4v) is 4.29. The molecule has 1 fully saturated rings. The lowest BCUT2D eigenvalue weighted by molar-refractivity contribution is -0.153. The van der Waals surface area contributed by atoms with Crippen molar-refractivity contribution in [2.45, 2.75) is 19.9 Å². The summed E-state index contributed by atoms with van der Waals surface area (Å²) in [6.45, 7) is 6.92. The highest BCUT2D eigenvalue weighted by Crippen LogP contribution is 2.31. The Morgan fingerprint density at radius 2 is 1.79 bits per heavy atom. The molecule has 0 bridgehead atoms. The van der Waals surface area contributed by atoms with Crippen LogP contribution in [0.3, 0.4) is 0 Å². The summed E-state index contributed by atoms with van der Waals surface area (Å²) in [6.07, 6.45) is 0. The minimum Gasteiger partial charge on any atom is -0.497 e. The van der Waals surface area contributed by atoms with Crippen LogP contribution in [0.4, 0.5) is 5.69 Å². The molecule has 1 saturated heterocycles. The third-order valence-corrected chi connectivity index (χ3v) is 6.04. The molecule has 0 aliphatic carbocycles. The number of esters is 1. The summed E-state index contributed by atoms with van der Waals surface area (Å²) in [7, 11) is 1.66. The van der Waals surface area contributed by atoms with E-state index in [-0.39, 0.29) is 12.5 Å². The van der Waals surface area contributed by atoms with E-state index in [9.17, 15) is 9.59 Å². The van der Waals surface area contributed by atoms with E-state index in [4.69, 9.17) is 14.5 Å². The number of hydrogen-bond acceptors (Lipinski definition) is 7. The number of benzene rings is 2. The lowest BCUT2D eigenvalue weighted by atomic mass is 9.90. The van der Waals surface area contributed by atoms with Crippen LogP contribution >= 0.6 is 0 Å². The zero-order valence-electron chi connectivity index (χ0n) is 19.3. The third kappa shape index (κ3) is 4.94. The van der Waals surface area contributed by atoms with Crippen molar-refractivity contribution in [1.82, 2.24) is 10.2 Å². The number of carbonyl (C=O) groups excluding carboxylic acids is 2. The third-order valence-electron chi connectivity index (χ3n) is 6.04. The molecule has 2 aromatic carbocycles. The van der Waals surface area contributed by atoms with Gasteiger partial charge in [0.2, 0.25) is 11.9 Å². The molecule has 0 unspecified atom stereocenters. The number of methoxy groups -OCH3 is 1. The molecule has 0 radical (unpaired) electrons. The molecule has 174 valence electrons. The number of nitrogens with one attached hydrogen (secondary N) is 1. The van der Waals surface area contributed by atoms with Crippen LogP contribution in [0.15, 0.2) is 53.5 Å². The van der Waals surface area contributed by atoms with E-state index in [0.717, 1.165) is 35.7 Å². The first-order chi connectivity index (χ1) is 16.0. The van der Waals surface area contributed by atoms with Crippen molar-refractivity contribution in [2.75, 3.05) is 44.8 Å². The van der Waals surface area contributed by atoms with Gasteiger partial charge in [-0.25, -0.2) is 4.99 Å². The number of aryl methyl sites for hydroxylation is 1. The van der Waals surface area contributed by atoms with Crippen molar-refractivity contribution in [1.29, 1.82) is 0 Å². The minimum atomic E-state index is -1.00. The van der Waals surface area contributed by atoms with E-state index in [1.165, 1.54) is 0 Å². The lowest BCUT2D eigenvalue weighted by Crippen LogP contribution is -2.57. The summed E-state index contributed by atoms with van der Waals surface area (Å²) in [5, 5.41) is 2.86. The number of aliphatic imine (C=N–C) groups is 1. The molecule has 1 N–H and O–H groups in total. The lowest BCUT2D eigenvalue weighted by Gasteiger charge is -2.39. The molecule has 2 aliphatic rings. The zero-order valence-corrected chi connectivity index (χ0v) is 19.3. The van der Waals surface area contributed by atoms with Gasteiger partial charge in [0.25, 0.3) is 0 Å². The fourth-order valence-electron chi connectivity index (χ4n) is 4.29. The molecule has 8 heteroatoms. The van der Waals surface area contributed by atoms with Gasteiger partial charge in [0.1, 0.15) is 11.8 Å². The zero-order chi connectivity index (χ0) is 23.4.